The van der Waals surface area contributed by atoms with Crippen LogP contribution in [0.4, 0.5) is 4.39 Å². The summed E-state index contributed by atoms with van der Waals surface area (Å²) < 4.78 is 33.8. The Hall–Kier alpha value is -10.5. The van der Waals surface area contributed by atoms with Gasteiger partial charge < -0.3 is 48.5 Å². The molecular weight excluding hydrogens is 1290 g/mol. The molecule has 0 spiro atoms. The average molecular weight is 1370 g/mol. The number of halogens is 1. The topological polar surface area (TPSA) is 295 Å². The Morgan fingerprint density at radius 2 is 0.822 bits per heavy atom. The van der Waals surface area contributed by atoms with Crippen LogP contribution in [0.3, 0.4) is 0 Å². The van der Waals surface area contributed by atoms with Gasteiger partial charge in [-0.25, -0.2) is 4.39 Å². The first-order chi connectivity index (χ1) is 49.0. The van der Waals surface area contributed by atoms with Crippen molar-refractivity contribution in [1.29, 1.82) is 0 Å². The Morgan fingerprint density at radius 1 is 0.426 bits per heavy atom. The molecule has 8 aromatic rings. The Labute approximate surface area is 583 Å². The molecule has 7 heterocycles. The molecule has 0 unspecified atom stereocenters. The summed E-state index contributed by atoms with van der Waals surface area (Å²) in [5, 5.41) is 30.8. The second kappa shape index (κ2) is 31.4. The van der Waals surface area contributed by atoms with E-state index in [0.717, 1.165) is 114 Å². The van der Waals surface area contributed by atoms with Crippen LogP contribution in [0.5, 0.6) is 0 Å². The largest absolute Gasteiger partial charge is 0.513 e. The van der Waals surface area contributed by atoms with Crippen molar-refractivity contribution < 1.29 is 65.9 Å². The van der Waals surface area contributed by atoms with Crippen molar-refractivity contribution in [3.63, 3.8) is 0 Å². The zero-order valence-corrected chi connectivity index (χ0v) is 56.2. The highest BCUT2D eigenvalue weighted by molar-refractivity contribution is 5.97. The number of aliphatic hydroxyl groups excluding tert-OH is 1. The van der Waals surface area contributed by atoms with E-state index in [1.165, 1.54) is 12.1 Å². The third-order valence-corrected chi connectivity index (χ3v) is 21.0. The average Bonchev–Trinajstić information content (AvgIpc) is 1.21. The highest BCUT2D eigenvalue weighted by Gasteiger charge is 2.43. The zero-order valence-electron chi connectivity index (χ0n) is 56.2. The summed E-state index contributed by atoms with van der Waals surface area (Å²) in [6, 6.07) is 41.2. The highest BCUT2D eigenvalue weighted by atomic mass is 19.1. The fourth-order valence-corrected chi connectivity index (χ4v) is 14.0. The number of likely N-dealkylation sites (tertiary alicyclic amines) is 3. The summed E-state index contributed by atoms with van der Waals surface area (Å²) >= 11 is 0. The van der Waals surface area contributed by atoms with Crippen molar-refractivity contribution in [3.05, 3.63) is 181 Å². The number of allylic oxidation sites excluding steroid dienone is 1. The number of carbonyl (C=O) groups excluding carboxylic acids is 8. The van der Waals surface area contributed by atoms with E-state index in [4.69, 9.17) is 18.1 Å². The van der Waals surface area contributed by atoms with Crippen LogP contribution in [-0.2, 0) is 19.2 Å². The number of aliphatic hydroxyl groups is 1. The number of hydrogen-bond donors (Lipinski definition) is 3. The standard InChI is InChI=1S/C23H25NO4.C19H19FN2O3.2C18H19N3O3/c1-14(25)18-7-15(8-18)11-21(26)19-9-16(10-19)12-22(27)23-13-20(24-28-23)17-5-3-2-4-6-17;20-15-4-2-13(3-5-15)18-11-16(21-25-18)17(23)10-12-8-14(9-12)19(24)22-6-1-7-22;22-17(15-11-16(24-20-15)12-5-2-1-3-6-12)19-14-9-13(10-14)18(23)21-7-4-8-21;22-17(16-11-15(20-24-16)12-5-2-1-3-6-12)19-14-9-13(10-14)18(23)21-7-4-8-21/h2-6,13,15-16,18-19,25H,1,7-12H2;2-5,11-12,14H,1,6-10H2;2*1-3,5-6,11,13-14H,4,7-10H2,(H,19,22). The number of Topliss-reactive ketones (excluding diaryl/α,β-unsaturated/α-hetero) is 3. The van der Waals surface area contributed by atoms with Gasteiger partial charge in [0.1, 0.15) is 28.7 Å². The number of aromatic nitrogens is 4. The predicted molar refractivity (Wildman–Crippen MR) is 367 cm³/mol. The molecule has 23 heteroatoms. The van der Waals surface area contributed by atoms with Gasteiger partial charge in [0.25, 0.3) is 11.8 Å². The summed E-state index contributed by atoms with van der Waals surface area (Å²) in [6.07, 6.45) is 12.4. The van der Waals surface area contributed by atoms with Gasteiger partial charge in [0.2, 0.25) is 35.0 Å². The monoisotopic (exact) mass is 1370 g/mol. The Balaban J connectivity index is 0.000000121. The molecule has 5 saturated carbocycles. The summed E-state index contributed by atoms with van der Waals surface area (Å²) in [5.74, 6) is 3.15. The molecule has 3 aliphatic heterocycles. The van der Waals surface area contributed by atoms with E-state index >= 15 is 0 Å². The first-order valence-corrected chi connectivity index (χ1v) is 35.2. The molecule has 0 radical (unpaired) electrons. The van der Waals surface area contributed by atoms with Gasteiger partial charge in [-0.2, -0.15) is 0 Å². The van der Waals surface area contributed by atoms with Crippen molar-refractivity contribution in [2.45, 2.75) is 115 Å². The molecule has 4 aromatic carbocycles. The normalized spacial score (nSPS) is 23.4. The third-order valence-electron chi connectivity index (χ3n) is 21.0. The number of amides is 5. The summed E-state index contributed by atoms with van der Waals surface area (Å²) in [4.78, 5) is 104. The van der Waals surface area contributed by atoms with E-state index < -0.39 is 0 Å². The van der Waals surface area contributed by atoms with Crippen LogP contribution in [0.25, 0.3) is 45.2 Å². The van der Waals surface area contributed by atoms with E-state index in [9.17, 15) is 47.9 Å². The summed E-state index contributed by atoms with van der Waals surface area (Å²) in [7, 11) is 0. The molecule has 0 atom stereocenters. The number of hydrogen-bond acceptors (Lipinski definition) is 17. The fraction of sp³-hybridized carbons (Fsp3) is 0.410. The van der Waals surface area contributed by atoms with E-state index in [-0.39, 0.29) is 123 Å². The van der Waals surface area contributed by atoms with Crippen LogP contribution in [0.15, 0.2) is 170 Å². The van der Waals surface area contributed by atoms with Gasteiger partial charge >= 0.3 is 0 Å². The first-order valence-electron chi connectivity index (χ1n) is 35.2. The lowest BCUT2D eigenvalue weighted by Gasteiger charge is -2.40. The van der Waals surface area contributed by atoms with E-state index in [1.807, 2.05) is 106 Å². The first kappa shape index (κ1) is 69.0. The molecule has 101 heavy (non-hydrogen) atoms. The number of nitrogens with zero attached hydrogens (tertiary/aromatic N) is 7. The van der Waals surface area contributed by atoms with Crippen molar-refractivity contribution in [2.75, 3.05) is 39.3 Å². The molecule has 16 rings (SSSR count). The molecule has 5 aliphatic carbocycles. The fourth-order valence-electron chi connectivity index (χ4n) is 14.0. The maximum Gasteiger partial charge on any atom is 0.290 e. The van der Waals surface area contributed by atoms with Gasteiger partial charge in [0.05, 0.1) is 5.76 Å². The van der Waals surface area contributed by atoms with Crippen LogP contribution in [0.2, 0.25) is 0 Å². The molecule has 0 bridgehead atoms. The Kier molecular flexibility index (Phi) is 21.5. The number of nitrogens with one attached hydrogen (secondary N) is 2. The predicted octanol–water partition coefficient (Wildman–Crippen LogP) is 12.5. The second-order valence-electron chi connectivity index (χ2n) is 28.1. The minimum absolute atomic E-state index is 0.0398. The summed E-state index contributed by atoms with van der Waals surface area (Å²) in [6.45, 7) is 8.85. The lowest BCUT2D eigenvalue weighted by atomic mass is 9.66. The maximum absolute atomic E-state index is 13.0. The molecular formula is C78H82FN9O13. The van der Waals surface area contributed by atoms with Gasteiger partial charge in [-0.1, -0.05) is 118 Å². The van der Waals surface area contributed by atoms with E-state index in [2.05, 4.69) is 37.8 Å². The molecule has 4 aromatic heterocycles. The van der Waals surface area contributed by atoms with Gasteiger partial charge in [-0.05, 0) is 125 Å². The molecule has 3 saturated heterocycles. The number of benzene rings is 4. The number of ketones is 3. The minimum atomic E-state index is -0.327. The van der Waals surface area contributed by atoms with Gasteiger partial charge in [0.15, 0.2) is 23.0 Å². The quantitative estimate of drug-likeness (QED) is 0.0445. The van der Waals surface area contributed by atoms with Crippen molar-refractivity contribution >= 4 is 46.9 Å². The molecule has 3 N–H and O–H groups in total. The van der Waals surface area contributed by atoms with Crippen molar-refractivity contribution in [2.24, 2.45) is 47.3 Å². The van der Waals surface area contributed by atoms with Gasteiger partial charge in [-0.3, -0.25) is 38.4 Å². The molecule has 5 amide bonds. The van der Waals surface area contributed by atoms with Crippen molar-refractivity contribution in [3.8, 4) is 45.2 Å². The van der Waals surface area contributed by atoms with Crippen molar-refractivity contribution in [1.82, 2.24) is 46.0 Å². The van der Waals surface area contributed by atoms with Crippen LogP contribution in [-0.4, -0.2) is 139 Å². The highest BCUT2D eigenvalue weighted by Crippen LogP contribution is 2.44. The lowest BCUT2D eigenvalue weighted by molar-refractivity contribution is -0.143. The SMILES string of the molecule is C=C(O)C1CC(CC(=O)C2CC(CC(=O)c3cc(-c4ccccc4)no3)C2)C1.O=C(CC1CC(C(=O)N2CCC2)C1)c1cc(-c2ccc(F)cc2)on1.O=C(NC1CC(C(=O)N2CCC2)C1)c1cc(-c2ccccc2)no1.O=C(NC1CC(C(=O)N2CCC2)C1)c1cc(-c2ccccc2)on1. The molecule has 8 fully saturated rings. The smallest absolute Gasteiger partial charge is 0.290 e. The van der Waals surface area contributed by atoms with Crippen LogP contribution in [0, 0.1) is 53.2 Å². The van der Waals surface area contributed by atoms with Crippen LogP contribution < -0.4 is 10.6 Å². The number of carbonyl (C=O) groups is 8. The van der Waals surface area contributed by atoms with Gasteiger partial charge in [0, 0.05) is 147 Å². The maximum atomic E-state index is 13.0. The Morgan fingerprint density at radius 3 is 1.31 bits per heavy atom. The van der Waals surface area contributed by atoms with Crippen LogP contribution >= 0.6 is 0 Å². The molecule has 22 nitrogen and oxygen atoms in total. The molecule has 8 aliphatic rings. The third kappa shape index (κ3) is 16.9. The number of rotatable bonds is 21. The Bertz CT molecular complexity index is 4110. The van der Waals surface area contributed by atoms with Gasteiger partial charge in [-0.15, -0.1) is 0 Å². The van der Waals surface area contributed by atoms with E-state index in [0.29, 0.717) is 90.9 Å². The minimum Gasteiger partial charge on any atom is -0.513 e. The van der Waals surface area contributed by atoms with Crippen LogP contribution in [0.1, 0.15) is 145 Å². The van der Waals surface area contributed by atoms with E-state index in [1.54, 1.807) is 36.4 Å². The molecule has 524 valence electrons. The summed E-state index contributed by atoms with van der Waals surface area (Å²) in [5.41, 5.74) is 5.25. The lowest BCUT2D eigenvalue weighted by Crippen LogP contribution is -2.53. The second-order valence-corrected chi connectivity index (χ2v) is 28.1. The zero-order chi connectivity index (χ0) is 70.1.